The highest BCUT2D eigenvalue weighted by Crippen LogP contribution is 2.43. The second-order valence-corrected chi connectivity index (χ2v) is 15.7. The van der Waals surface area contributed by atoms with Gasteiger partial charge in [0.15, 0.2) is 0 Å². The van der Waals surface area contributed by atoms with Crippen molar-refractivity contribution in [3.63, 3.8) is 0 Å². The number of nitrogens with zero attached hydrogens (tertiary/aromatic N) is 3. The molecule has 0 aliphatic heterocycles. The zero-order valence-corrected chi connectivity index (χ0v) is 31.0. The fourth-order valence-corrected chi connectivity index (χ4v) is 10.2. The number of fused-ring (bicyclic) bond motifs is 6. The van der Waals surface area contributed by atoms with Gasteiger partial charge in [-0.3, -0.25) is 0 Å². The minimum Gasteiger partial charge on any atom is -0.311 e. The van der Waals surface area contributed by atoms with E-state index in [1.807, 2.05) is 34.8 Å². The maximum atomic E-state index is 9.59. The Kier molecular flexibility index (Phi) is 7.97. The average Bonchev–Trinajstić information content (AvgIpc) is 3.83. The fraction of sp³-hybridized carbons (Fsp3) is 0. The van der Waals surface area contributed by atoms with Gasteiger partial charge in [0.1, 0.15) is 0 Å². The van der Waals surface area contributed by atoms with Crippen LogP contribution in [-0.2, 0) is 0 Å². The molecule has 0 atom stereocenters. The maximum absolute atomic E-state index is 9.59. The predicted octanol–water partition coefficient (Wildman–Crippen LogP) is 14.6. The van der Waals surface area contributed by atoms with Gasteiger partial charge in [-0.2, -0.15) is 10.5 Å². The first-order valence-corrected chi connectivity index (χ1v) is 19.7. The summed E-state index contributed by atoms with van der Waals surface area (Å²) in [4.78, 5) is 2.28. The Morgan fingerprint density at radius 2 is 0.764 bits per heavy atom. The van der Waals surface area contributed by atoms with Gasteiger partial charge >= 0.3 is 0 Å². The van der Waals surface area contributed by atoms with Crippen LogP contribution in [0.15, 0.2) is 176 Å². The molecule has 2 heterocycles. The predicted molar refractivity (Wildman–Crippen MR) is 233 cm³/mol. The van der Waals surface area contributed by atoms with E-state index >= 15 is 0 Å². The van der Waals surface area contributed by atoms with E-state index in [0.29, 0.717) is 11.1 Å². The first-order chi connectivity index (χ1) is 27.1. The molecular weight excluding hydrogens is 707 g/mol. The summed E-state index contributed by atoms with van der Waals surface area (Å²) in [6.07, 6.45) is 0. The smallest absolute Gasteiger partial charge is 0.0992 e. The molecule has 8 aromatic carbocycles. The van der Waals surface area contributed by atoms with Crippen molar-refractivity contribution in [1.29, 1.82) is 10.5 Å². The first kappa shape index (κ1) is 32.6. The van der Waals surface area contributed by atoms with Crippen molar-refractivity contribution in [3.8, 4) is 45.5 Å². The molecule has 10 aromatic rings. The largest absolute Gasteiger partial charge is 0.311 e. The van der Waals surface area contributed by atoms with Gasteiger partial charge in [-0.05, 0) is 100 Å². The number of hydrogen-bond donors (Lipinski definition) is 0. The molecule has 0 N–H and O–H groups in total. The van der Waals surface area contributed by atoms with Crippen molar-refractivity contribution >= 4 is 80.1 Å². The Labute approximate surface area is 326 Å². The van der Waals surface area contributed by atoms with Crippen molar-refractivity contribution < 1.29 is 0 Å². The van der Waals surface area contributed by atoms with Crippen molar-refractivity contribution in [1.82, 2.24) is 0 Å². The van der Waals surface area contributed by atoms with Gasteiger partial charge in [-0.15, -0.1) is 22.7 Å². The standard InChI is InChI=1S/C50H29N3S2/c51-30-32-27-33(31-52)29-37(28-32)34-15-21-38(22-16-34)53(39-23-17-35(18-24-39)41-9-5-11-45-43-7-1-3-13-47(43)54-49(41)45)40-25-19-36(20-26-40)42-10-6-12-46-44-8-2-4-14-48(44)55-50(42)46/h1-29H. The summed E-state index contributed by atoms with van der Waals surface area (Å²) in [5.74, 6) is 0. The van der Waals surface area contributed by atoms with Gasteiger partial charge in [0, 0.05) is 57.4 Å². The zero-order chi connectivity index (χ0) is 36.9. The second kappa shape index (κ2) is 13.4. The Morgan fingerprint density at radius 3 is 1.20 bits per heavy atom. The van der Waals surface area contributed by atoms with Crippen LogP contribution in [0.25, 0.3) is 73.7 Å². The lowest BCUT2D eigenvalue weighted by atomic mass is 9.99. The molecule has 2 aromatic heterocycles. The van der Waals surface area contributed by atoms with Crippen molar-refractivity contribution in [2.24, 2.45) is 0 Å². The van der Waals surface area contributed by atoms with Crippen LogP contribution in [0.2, 0.25) is 0 Å². The van der Waals surface area contributed by atoms with Crippen LogP contribution >= 0.6 is 22.7 Å². The quantitative estimate of drug-likeness (QED) is 0.171. The molecule has 10 rings (SSSR count). The third-order valence-electron chi connectivity index (χ3n) is 10.3. The molecule has 5 heteroatoms. The summed E-state index contributed by atoms with van der Waals surface area (Å²) in [5, 5.41) is 24.3. The minimum absolute atomic E-state index is 0.470. The Hall–Kier alpha value is -7.02. The number of benzene rings is 8. The third-order valence-corrected chi connectivity index (χ3v) is 12.8. The van der Waals surface area contributed by atoms with E-state index in [-0.39, 0.29) is 0 Å². The molecule has 0 saturated carbocycles. The van der Waals surface area contributed by atoms with Crippen LogP contribution in [0.5, 0.6) is 0 Å². The fourth-order valence-electron chi connectivity index (χ4n) is 7.70. The van der Waals surface area contributed by atoms with E-state index in [1.54, 1.807) is 6.07 Å². The molecule has 256 valence electrons. The highest BCUT2D eigenvalue weighted by molar-refractivity contribution is 7.26. The van der Waals surface area contributed by atoms with E-state index in [2.05, 4.69) is 175 Å². The maximum Gasteiger partial charge on any atom is 0.0992 e. The van der Waals surface area contributed by atoms with Crippen LogP contribution in [0.1, 0.15) is 11.1 Å². The normalized spacial score (nSPS) is 11.2. The molecule has 0 unspecified atom stereocenters. The van der Waals surface area contributed by atoms with Crippen molar-refractivity contribution in [2.75, 3.05) is 4.90 Å². The highest BCUT2D eigenvalue weighted by atomic mass is 32.1. The number of thiophene rings is 2. The number of anilines is 3. The lowest BCUT2D eigenvalue weighted by Crippen LogP contribution is -2.09. The van der Waals surface area contributed by atoms with Crippen LogP contribution in [-0.4, -0.2) is 0 Å². The Morgan fingerprint density at radius 1 is 0.364 bits per heavy atom. The third kappa shape index (κ3) is 5.71. The van der Waals surface area contributed by atoms with E-state index in [4.69, 9.17) is 0 Å². The molecule has 0 fully saturated rings. The summed E-state index contributed by atoms with van der Waals surface area (Å²) >= 11 is 3.69. The second-order valence-electron chi connectivity index (χ2n) is 13.6. The SMILES string of the molecule is N#Cc1cc(C#N)cc(-c2ccc(N(c3ccc(-c4cccc5c4sc4ccccc45)cc3)c3ccc(-c4cccc5c4sc4ccccc45)cc3)cc2)c1. The number of hydrogen-bond acceptors (Lipinski definition) is 5. The van der Waals surface area contributed by atoms with Gasteiger partial charge in [0.2, 0.25) is 0 Å². The molecule has 0 aliphatic carbocycles. The highest BCUT2D eigenvalue weighted by Gasteiger charge is 2.17. The molecule has 0 spiro atoms. The molecular formula is C50H29N3S2. The monoisotopic (exact) mass is 735 g/mol. The number of rotatable bonds is 6. The summed E-state index contributed by atoms with van der Waals surface area (Å²) in [7, 11) is 0. The summed E-state index contributed by atoms with van der Waals surface area (Å²) in [5.41, 5.74) is 10.6. The molecule has 55 heavy (non-hydrogen) atoms. The van der Waals surface area contributed by atoms with Crippen LogP contribution < -0.4 is 4.90 Å². The average molecular weight is 736 g/mol. The van der Waals surface area contributed by atoms with Crippen molar-refractivity contribution in [3.05, 3.63) is 187 Å². The molecule has 0 saturated heterocycles. The van der Waals surface area contributed by atoms with E-state index < -0.39 is 0 Å². The van der Waals surface area contributed by atoms with E-state index in [1.165, 1.54) is 62.6 Å². The topological polar surface area (TPSA) is 50.8 Å². The Balaban J connectivity index is 1.06. The lowest BCUT2D eigenvalue weighted by molar-refractivity contribution is 1.28. The Bertz CT molecular complexity index is 2970. The van der Waals surface area contributed by atoms with Gasteiger partial charge in [0.05, 0.1) is 23.3 Å². The first-order valence-electron chi connectivity index (χ1n) is 18.0. The van der Waals surface area contributed by atoms with E-state index in [0.717, 1.165) is 28.2 Å². The van der Waals surface area contributed by atoms with Crippen LogP contribution in [0, 0.1) is 22.7 Å². The van der Waals surface area contributed by atoms with E-state index in [9.17, 15) is 10.5 Å². The lowest BCUT2D eigenvalue weighted by Gasteiger charge is -2.26. The summed E-state index contributed by atoms with van der Waals surface area (Å²) in [6, 6.07) is 66.2. The van der Waals surface area contributed by atoms with Crippen LogP contribution in [0.4, 0.5) is 17.1 Å². The molecule has 0 amide bonds. The van der Waals surface area contributed by atoms with Gasteiger partial charge in [-0.25, -0.2) is 0 Å². The molecule has 0 bridgehead atoms. The number of nitriles is 2. The summed E-state index contributed by atoms with van der Waals surface area (Å²) in [6.45, 7) is 0. The van der Waals surface area contributed by atoms with Gasteiger partial charge in [0.25, 0.3) is 0 Å². The zero-order valence-electron chi connectivity index (χ0n) is 29.4. The summed E-state index contributed by atoms with van der Waals surface area (Å²) < 4.78 is 5.19. The minimum atomic E-state index is 0.470. The molecule has 0 aliphatic rings. The van der Waals surface area contributed by atoms with Crippen LogP contribution in [0.3, 0.4) is 0 Å². The van der Waals surface area contributed by atoms with Gasteiger partial charge < -0.3 is 4.90 Å². The molecule has 3 nitrogen and oxygen atoms in total. The molecule has 0 radical (unpaired) electrons. The van der Waals surface area contributed by atoms with Crippen molar-refractivity contribution in [2.45, 2.75) is 0 Å². The van der Waals surface area contributed by atoms with Gasteiger partial charge in [-0.1, -0.05) is 109 Å².